The first-order chi connectivity index (χ1) is 6.08. The molecule has 0 saturated heterocycles. The lowest BCUT2D eigenvalue weighted by Crippen LogP contribution is -1.77. The fraction of sp³-hybridized carbons (Fsp3) is 0. The molecule has 1 nitrogen and oxygen atoms in total. The molecule has 0 amide bonds. The Morgan fingerprint density at radius 2 is 1.69 bits per heavy atom. The molecule has 68 valence electrons. The summed E-state index contributed by atoms with van der Waals surface area (Å²) < 4.78 is 0. The Morgan fingerprint density at radius 1 is 1.15 bits per heavy atom. The topological polar surface area (TPSA) is 17.1 Å². The first-order valence-corrected chi connectivity index (χ1v) is 4.55. The molecule has 0 bridgehead atoms. The lowest BCUT2D eigenvalue weighted by molar-refractivity contribution is -0.107. The van der Waals surface area contributed by atoms with Gasteiger partial charge < -0.3 is 0 Å². The molecule has 4 heteroatoms. The fourth-order valence-electron chi connectivity index (χ4n) is 0.833. The number of carbonyl (C=O) groups is 1. The molecule has 0 aliphatic heterocycles. The van der Waals surface area contributed by atoms with E-state index >= 15 is 0 Å². The number of benzene rings is 1. The van der Waals surface area contributed by atoms with Crippen molar-refractivity contribution in [3.63, 3.8) is 0 Å². The monoisotopic (exact) mass is 234 g/mol. The van der Waals surface area contributed by atoms with Crippen LogP contribution in [-0.4, -0.2) is 5.24 Å². The van der Waals surface area contributed by atoms with Crippen LogP contribution < -0.4 is 0 Å². The molecule has 13 heavy (non-hydrogen) atoms. The normalized spacial score (nSPS) is 10.7. The highest BCUT2D eigenvalue weighted by Gasteiger charge is 1.95. The van der Waals surface area contributed by atoms with E-state index in [1.165, 1.54) is 6.08 Å². The fourth-order valence-corrected chi connectivity index (χ4v) is 1.44. The Morgan fingerprint density at radius 3 is 2.15 bits per heavy atom. The summed E-state index contributed by atoms with van der Waals surface area (Å²) in [6.07, 6.45) is 2.79. The maximum atomic E-state index is 10.4. The molecule has 0 heterocycles. The van der Waals surface area contributed by atoms with Gasteiger partial charge in [0.15, 0.2) is 0 Å². The molecule has 0 atom stereocenters. The summed E-state index contributed by atoms with van der Waals surface area (Å²) >= 11 is 16.6. The quantitative estimate of drug-likeness (QED) is 0.563. The van der Waals surface area contributed by atoms with Crippen molar-refractivity contribution >= 4 is 46.1 Å². The van der Waals surface area contributed by atoms with Gasteiger partial charge in [-0.3, -0.25) is 4.79 Å². The van der Waals surface area contributed by atoms with E-state index < -0.39 is 5.24 Å². The minimum absolute atomic E-state index is 0.522. The first-order valence-electron chi connectivity index (χ1n) is 3.41. The van der Waals surface area contributed by atoms with Crippen LogP contribution in [0.15, 0.2) is 24.3 Å². The highest BCUT2D eigenvalue weighted by Crippen LogP contribution is 2.19. The minimum Gasteiger partial charge on any atom is -0.276 e. The van der Waals surface area contributed by atoms with Crippen molar-refractivity contribution in [2.45, 2.75) is 0 Å². The van der Waals surface area contributed by atoms with Crippen LogP contribution >= 0.6 is 34.8 Å². The number of hydrogen-bond donors (Lipinski definition) is 0. The lowest BCUT2D eigenvalue weighted by atomic mass is 10.2. The third-order valence-corrected chi connectivity index (χ3v) is 1.85. The Kier molecular flexibility index (Phi) is 3.79. The van der Waals surface area contributed by atoms with E-state index in [4.69, 9.17) is 34.8 Å². The summed E-state index contributed by atoms with van der Waals surface area (Å²) in [5.74, 6) is 0. The second kappa shape index (κ2) is 4.66. The van der Waals surface area contributed by atoms with Crippen molar-refractivity contribution in [2.24, 2.45) is 0 Å². The largest absolute Gasteiger partial charge is 0.276 e. The zero-order chi connectivity index (χ0) is 9.84. The van der Waals surface area contributed by atoms with Crippen molar-refractivity contribution in [2.75, 3.05) is 0 Å². The van der Waals surface area contributed by atoms with Crippen LogP contribution in [0.4, 0.5) is 0 Å². The van der Waals surface area contributed by atoms with E-state index in [1.807, 2.05) is 0 Å². The molecule has 0 aromatic heterocycles. The molecule has 1 rings (SSSR count). The predicted molar refractivity (Wildman–Crippen MR) is 56.4 cm³/mol. The van der Waals surface area contributed by atoms with Gasteiger partial charge in [0.25, 0.3) is 0 Å². The van der Waals surface area contributed by atoms with E-state index in [0.717, 1.165) is 5.56 Å². The molecule has 0 unspecified atom stereocenters. The van der Waals surface area contributed by atoms with Crippen LogP contribution in [0.3, 0.4) is 0 Å². The van der Waals surface area contributed by atoms with Crippen LogP contribution in [0.5, 0.6) is 0 Å². The third-order valence-electron chi connectivity index (χ3n) is 1.29. The Labute approximate surface area is 90.9 Å². The number of allylic oxidation sites excluding steroid dienone is 1. The summed E-state index contributed by atoms with van der Waals surface area (Å²) in [5, 5.41) is 0.513. The Bertz CT molecular complexity index is 338. The zero-order valence-corrected chi connectivity index (χ0v) is 8.70. The lowest BCUT2D eigenvalue weighted by Gasteiger charge is -1.95. The molecule has 0 fully saturated rings. The molecular formula is C9H5Cl3O. The van der Waals surface area contributed by atoms with Gasteiger partial charge in [0.2, 0.25) is 5.24 Å². The number of halogens is 3. The number of hydrogen-bond acceptors (Lipinski definition) is 1. The van der Waals surface area contributed by atoms with E-state index in [2.05, 4.69) is 0 Å². The van der Waals surface area contributed by atoms with Crippen molar-refractivity contribution in [1.29, 1.82) is 0 Å². The van der Waals surface area contributed by atoms with Crippen LogP contribution in [0, 0.1) is 0 Å². The maximum Gasteiger partial charge on any atom is 0.245 e. The van der Waals surface area contributed by atoms with Crippen LogP contribution in [-0.2, 0) is 4.79 Å². The van der Waals surface area contributed by atoms with E-state index in [0.29, 0.717) is 10.0 Å². The van der Waals surface area contributed by atoms with E-state index in [1.54, 1.807) is 24.3 Å². The second-order valence-corrected chi connectivity index (χ2v) is 3.59. The van der Waals surface area contributed by atoms with Crippen molar-refractivity contribution in [3.05, 3.63) is 39.9 Å². The molecule has 0 saturated carbocycles. The third kappa shape index (κ3) is 3.81. The van der Waals surface area contributed by atoms with Gasteiger partial charge in [0.1, 0.15) is 0 Å². The average Bonchev–Trinajstić information content (AvgIpc) is 1.99. The zero-order valence-electron chi connectivity index (χ0n) is 6.43. The number of carbonyl (C=O) groups excluding carboxylic acids is 1. The predicted octanol–water partition coefficient (Wildman–Crippen LogP) is 3.77. The van der Waals surface area contributed by atoms with Gasteiger partial charge in [0, 0.05) is 10.0 Å². The van der Waals surface area contributed by atoms with Gasteiger partial charge >= 0.3 is 0 Å². The first kappa shape index (κ1) is 10.6. The second-order valence-electron chi connectivity index (χ2n) is 2.34. The van der Waals surface area contributed by atoms with Gasteiger partial charge in [-0.25, -0.2) is 0 Å². The smallest absolute Gasteiger partial charge is 0.245 e. The summed E-state index contributed by atoms with van der Waals surface area (Å²) in [5.41, 5.74) is 0.742. The summed E-state index contributed by atoms with van der Waals surface area (Å²) in [7, 11) is 0. The van der Waals surface area contributed by atoms with E-state index in [-0.39, 0.29) is 0 Å². The molecule has 0 aliphatic rings. The van der Waals surface area contributed by atoms with Crippen LogP contribution in [0.2, 0.25) is 10.0 Å². The van der Waals surface area contributed by atoms with Gasteiger partial charge in [-0.2, -0.15) is 0 Å². The summed E-state index contributed by atoms with van der Waals surface area (Å²) in [6.45, 7) is 0. The Balaban J connectivity index is 2.95. The van der Waals surface area contributed by atoms with Gasteiger partial charge in [0.05, 0.1) is 0 Å². The molecule has 1 aromatic carbocycles. The molecule has 0 aliphatic carbocycles. The summed E-state index contributed by atoms with van der Waals surface area (Å²) in [6, 6.07) is 4.98. The van der Waals surface area contributed by atoms with Crippen molar-refractivity contribution in [3.8, 4) is 0 Å². The van der Waals surface area contributed by atoms with Gasteiger partial charge in [-0.1, -0.05) is 29.3 Å². The highest BCUT2D eigenvalue weighted by molar-refractivity contribution is 6.66. The maximum absolute atomic E-state index is 10.4. The molecule has 0 radical (unpaired) electrons. The number of rotatable bonds is 2. The SMILES string of the molecule is O=C(Cl)C=Cc1cc(Cl)cc(Cl)c1. The van der Waals surface area contributed by atoms with Crippen molar-refractivity contribution in [1.82, 2.24) is 0 Å². The van der Waals surface area contributed by atoms with Crippen LogP contribution in [0.25, 0.3) is 6.08 Å². The average molecular weight is 235 g/mol. The molecule has 1 aromatic rings. The molecule has 0 N–H and O–H groups in total. The van der Waals surface area contributed by atoms with Gasteiger partial charge in [-0.05, 0) is 41.4 Å². The standard InChI is InChI=1S/C9H5Cl3O/c10-7-3-6(1-2-9(12)13)4-8(11)5-7/h1-5H. The van der Waals surface area contributed by atoms with Gasteiger partial charge in [-0.15, -0.1) is 0 Å². The minimum atomic E-state index is -0.531. The molecular weight excluding hydrogens is 230 g/mol. The van der Waals surface area contributed by atoms with E-state index in [9.17, 15) is 4.79 Å². The van der Waals surface area contributed by atoms with Crippen molar-refractivity contribution < 1.29 is 4.79 Å². The Hall–Kier alpha value is -0.500. The summed E-state index contributed by atoms with van der Waals surface area (Å²) in [4.78, 5) is 10.4. The van der Waals surface area contributed by atoms with Crippen LogP contribution in [0.1, 0.15) is 5.56 Å². The highest BCUT2D eigenvalue weighted by atomic mass is 35.5. The molecule has 0 spiro atoms.